The van der Waals surface area contributed by atoms with Crippen molar-refractivity contribution >= 4 is 5.91 Å². The van der Waals surface area contributed by atoms with Gasteiger partial charge < -0.3 is 9.80 Å². The summed E-state index contributed by atoms with van der Waals surface area (Å²) in [5, 5.41) is 8.43. The number of hydrogen-bond donors (Lipinski definition) is 0. The molecule has 0 aliphatic carbocycles. The second-order valence-electron chi connectivity index (χ2n) is 5.03. The number of hydrogen-bond acceptors (Lipinski definition) is 3. The molecular weight excluding hydrogens is 214 g/mol. The van der Waals surface area contributed by atoms with Crippen LogP contribution in [0.5, 0.6) is 0 Å². The zero-order valence-electron chi connectivity index (χ0n) is 11.0. The molecule has 1 amide bonds. The molecule has 4 nitrogen and oxygen atoms in total. The second-order valence-corrected chi connectivity index (χ2v) is 5.03. The van der Waals surface area contributed by atoms with Gasteiger partial charge in [0.1, 0.15) is 0 Å². The van der Waals surface area contributed by atoms with Crippen molar-refractivity contribution in [3.05, 3.63) is 0 Å². The molecule has 1 fully saturated rings. The summed E-state index contributed by atoms with van der Waals surface area (Å²) in [4.78, 5) is 15.7. The van der Waals surface area contributed by atoms with Gasteiger partial charge in [-0.05, 0) is 38.8 Å². The van der Waals surface area contributed by atoms with E-state index in [1.807, 2.05) is 13.1 Å². The first-order valence-electron chi connectivity index (χ1n) is 6.43. The van der Waals surface area contributed by atoms with Crippen LogP contribution in [0.3, 0.4) is 0 Å². The molecule has 1 aliphatic rings. The van der Waals surface area contributed by atoms with Crippen LogP contribution in [0.4, 0.5) is 0 Å². The average molecular weight is 237 g/mol. The van der Waals surface area contributed by atoms with Gasteiger partial charge in [0.25, 0.3) is 0 Å². The van der Waals surface area contributed by atoms with E-state index in [-0.39, 0.29) is 5.91 Å². The number of carbonyl (C=O) groups excluding carboxylic acids is 1. The minimum atomic E-state index is 0.0933. The van der Waals surface area contributed by atoms with E-state index in [4.69, 9.17) is 5.26 Å². The van der Waals surface area contributed by atoms with Crippen molar-refractivity contribution in [2.24, 2.45) is 5.92 Å². The quantitative estimate of drug-likeness (QED) is 0.727. The number of nitriles is 1. The Morgan fingerprint density at radius 2 is 2.35 bits per heavy atom. The molecule has 1 rings (SSSR count). The van der Waals surface area contributed by atoms with Crippen LogP contribution in [-0.4, -0.2) is 49.4 Å². The average Bonchev–Trinajstić information content (AvgIpc) is 2.33. The monoisotopic (exact) mass is 237 g/mol. The van der Waals surface area contributed by atoms with Crippen molar-refractivity contribution in [3.63, 3.8) is 0 Å². The molecule has 4 heteroatoms. The molecule has 0 bridgehead atoms. The molecular formula is C13H23N3O. The lowest BCUT2D eigenvalue weighted by Crippen LogP contribution is -2.35. The fraction of sp³-hybridized carbons (Fsp3) is 0.846. The summed E-state index contributed by atoms with van der Waals surface area (Å²) in [6, 6.07) is 2.01. The standard InChI is InChI=1S/C13H23N3O/c1-15-9-4-5-12(11-15)7-10-16(2)13(17)6-3-8-14/h12H,3-7,9-11H2,1-2H3. The number of carbonyl (C=O) groups is 1. The van der Waals surface area contributed by atoms with E-state index < -0.39 is 0 Å². The zero-order chi connectivity index (χ0) is 12.7. The molecule has 1 unspecified atom stereocenters. The highest BCUT2D eigenvalue weighted by atomic mass is 16.2. The van der Waals surface area contributed by atoms with Crippen molar-refractivity contribution in [1.29, 1.82) is 5.26 Å². The zero-order valence-corrected chi connectivity index (χ0v) is 11.0. The summed E-state index contributed by atoms with van der Waals surface area (Å²) in [7, 11) is 4.00. The van der Waals surface area contributed by atoms with Gasteiger partial charge >= 0.3 is 0 Å². The van der Waals surface area contributed by atoms with Crippen molar-refractivity contribution in [2.45, 2.75) is 32.1 Å². The first-order valence-corrected chi connectivity index (χ1v) is 6.43. The summed E-state index contributed by atoms with van der Waals surface area (Å²) in [5.74, 6) is 0.815. The van der Waals surface area contributed by atoms with Crippen LogP contribution in [0.25, 0.3) is 0 Å². The Morgan fingerprint density at radius 3 is 3.00 bits per heavy atom. The van der Waals surface area contributed by atoms with E-state index in [0.29, 0.717) is 12.8 Å². The fourth-order valence-electron chi connectivity index (χ4n) is 2.36. The van der Waals surface area contributed by atoms with Crippen LogP contribution in [-0.2, 0) is 4.79 Å². The molecule has 1 heterocycles. The lowest BCUT2D eigenvalue weighted by atomic mass is 9.95. The van der Waals surface area contributed by atoms with Gasteiger partial charge in [0, 0.05) is 33.0 Å². The minimum absolute atomic E-state index is 0.0933. The Morgan fingerprint density at radius 1 is 1.59 bits per heavy atom. The molecule has 0 spiro atoms. The summed E-state index contributed by atoms with van der Waals surface area (Å²) >= 11 is 0. The van der Waals surface area contributed by atoms with Gasteiger partial charge in [0.05, 0.1) is 6.07 Å². The Kier molecular flexibility index (Phi) is 5.99. The summed E-state index contributed by atoms with van der Waals surface area (Å²) in [5.41, 5.74) is 0. The molecule has 0 saturated carbocycles. The van der Waals surface area contributed by atoms with Gasteiger partial charge in [-0.3, -0.25) is 4.79 Å². The van der Waals surface area contributed by atoms with Crippen molar-refractivity contribution in [2.75, 3.05) is 33.7 Å². The maximum Gasteiger partial charge on any atom is 0.223 e. The van der Waals surface area contributed by atoms with Crippen molar-refractivity contribution in [3.8, 4) is 6.07 Å². The normalized spacial score (nSPS) is 20.9. The molecule has 1 aliphatic heterocycles. The summed E-state index contributed by atoms with van der Waals surface area (Å²) in [6.07, 6.45) is 4.32. The Balaban J connectivity index is 2.20. The lowest BCUT2D eigenvalue weighted by Gasteiger charge is -2.30. The highest BCUT2D eigenvalue weighted by molar-refractivity contribution is 5.76. The van der Waals surface area contributed by atoms with E-state index in [1.165, 1.54) is 19.4 Å². The van der Waals surface area contributed by atoms with Gasteiger partial charge in [0.15, 0.2) is 0 Å². The number of piperidine rings is 1. The largest absolute Gasteiger partial charge is 0.346 e. The Hall–Kier alpha value is -1.08. The number of nitrogens with zero attached hydrogens (tertiary/aromatic N) is 3. The van der Waals surface area contributed by atoms with Crippen LogP contribution in [0.2, 0.25) is 0 Å². The third-order valence-corrected chi connectivity index (χ3v) is 3.47. The van der Waals surface area contributed by atoms with Crippen LogP contribution in [0, 0.1) is 17.2 Å². The van der Waals surface area contributed by atoms with Crippen LogP contribution >= 0.6 is 0 Å². The molecule has 17 heavy (non-hydrogen) atoms. The molecule has 1 atom stereocenters. The molecule has 0 radical (unpaired) electrons. The highest BCUT2D eigenvalue weighted by Gasteiger charge is 2.18. The Bertz CT molecular complexity index is 285. The topological polar surface area (TPSA) is 47.3 Å². The Labute approximate surface area is 104 Å². The van der Waals surface area contributed by atoms with Crippen LogP contribution < -0.4 is 0 Å². The summed E-state index contributed by atoms with van der Waals surface area (Å²) < 4.78 is 0. The maximum absolute atomic E-state index is 11.6. The van der Waals surface area contributed by atoms with Gasteiger partial charge in [0.2, 0.25) is 5.91 Å². The molecule has 0 aromatic rings. The third kappa shape index (κ3) is 5.18. The number of amides is 1. The van der Waals surface area contributed by atoms with Crippen molar-refractivity contribution < 1.29 is 4.79 Å². The lowest BCUT2D eigenvalue weighted by molar-refractivity contribution is -0.130. The first-order chi connectivity index (χ1) is 8.13. The molecule has 0 aromatic heterocycles. The van der Waals surface area contributed by atoms with Crippen LogP contribution in [0.1, 0.15) is 32.1 Å². The number of likely N-dealkylation sites (tertiary alicyclic amines) is 1. The van der Waals surface area contributed by atoms with Gasteiger partial charge in [-0.2, -0.15) is 5.26 Å². The van der Waals surface area contributed by atoms with E-state index in [1.54, 1.807) is 4.90 Å². The van der Waals surface area contributed by atoms with Gasteiger partial charge in [-0.15, -0.1) is 0 Å². The van der Waals surface area contributed by atoms with E-state index in [0.717, 1.165) is 25.4 Å². The van der Waals surface area contributed by atoms with E-state index in [2.05, 4.69) is 11.9 Å². The fourth-order valence-corrected chi connectivity index (χ4v) is 2.36. The minimum Gasteiger partial charge on any atom is -0.346 e. The van der Waals surface area contributed by atoms with Crippen LogP contribution in [0.15, 0.2) is 0 Å². The van der Waals surface area contributed by atoms with Gasteiger partial charge in [-0.1, -0.05) is 0 Å². The molecule has 0 aromatic carbocycles. The number of rotatable bonds is 5. The molecule has 1 saturated heterocycles. The predicted molar refractivity (Wildman–Crippen MR) is 67.3 cm³/mol. The first kappa shape index (κ1) is 14.0. The predicted octanol–water partition coefficient (Wildman–Crippen LogP) is 1.48. The molecule has 96 valence electrons. The second kappa shape index (κ2) is 7.29. The van der Waals surface area contributed by atoms with Crippen molar-refractivity contribution in [1.82, 2.24) is 9.80 Å². The smallest absolute Gasteiger partial charge is 0.223 e. The molecule has 0 N–H and O–H groups in total. The highest BCUT2D eigenvalue weighted by Crippen LogP contribution is 2.18. The van der Waals surface area contributed by atoms with E-state index >= 15 is 0 Å². The SMILES string of the molecule is CN1CCCC(CCN(C)C(=O)CCC#N)C1. The van der Waals surface area contributed by atoms with E-state index in [9.17, 15) is 4.79 Å². The third-order valence-electron chi connectivity index (χ3n) is 3.47. The maximum atomic E-state index is 11.6. The van der Waals surface area contributed by atoms with Gasteiger partial charge in [-0.25, -0.2) is 0 Å². The summed E-state index contributed by atoms with van der Waals surface area (Å²) in [6.45, 7) is 3.18.